The first kappa shape index (κ1) is 11.4. The van der Waals surface area contributed by atoms with Gasteiger partial charge in [0.1, 0.15) is 5.82 Å². The summed E-state index contributed by atoms with van der Waals surface area (Å²) < 4.78 is 1.56. The molecule has 1 atom stereocenters. The molecule has 0 spiro atoms. The molecular formula is C12H12N6O. The highest BCUT2D eigenvalue weighted by Crippen LogP contribution is 2.22. The number of hydrogen-bond acceptors (Lipinski definition) is 6. The molecule has 1 unspecified atom stereocenters. The van der Waals surface area contributed by atoms with Crippen LogP contribution in [0, 0.1) is 6.92 Å². The molecule has 1 aliphatic rings. The fourth-order valence-electron chi connectivity index (χ4n) is 1.97. The van der Waals surface area contributed by atoms with Gasteiger partial charge in [-0.1, -0.05) is 5.21 Å². The van der Waals surface area contributed by atoms with Crippen molar-refractivity contribution in [2.24, 2.45) is 0 Å². The lowest BCUT2D eigenvalue weighted by Crippen LogP contribution is -2.40. The summed E-state index contributed by atoms with van der Waals surface area (Å²) in [4.78, 5) is 15.6. The van der Waals surface area contributed by atoms with Crippen LogP contribution in [-0.4, -0.2) is 32.3 Å². The van der Waals surface area contributed by atoms with Crippen LogP contribution in [0.15, 0.2) is 36.9 Å². The average Bonchev–Trinajstić information content (AvgIpc) is 3.07. The Morgan fingerprint density at radius 2 is 2.32 bits per heavy atom. The van der Waals surface area contributed by atoms with Gasteiger partial charge in [-0.15, -0.1) is 5.10 Å². The number of pyridine rings is 1. The van der Waals surface area contributed by atoms with Crippen molar-refractivity contribution in [1.29, 1.82) is 0 Å². The number of anilines is 1. The van der Waals surface area contributed by atoms with E-state index >= 15 is 0 Å². The van der Waals surface area contributed by atoms with Crippen molar-refractivity contribution in [3.8, 4) is 0 Å². The van der Waals surface area contributed by atoms with E-state index in [0.29, 0.717) is 11.5 Å². The first-order valence-electron chi connectivity index (χ1n) is 5.79. The molecule has 0 aromatic carbocycles. The highest BCUT2D eigenvalue weighted by Gasteiger charge is 2.30. The van der Waals surface area contributed by atoms with Gasteiger partial charge in [-0.3, -0.25) is 5.01 Å². The van der Waals surface area contributed by atoms with Crippen molar-refractivity contribution in [1.82, 2.24) is 25.4 Å². The summed E-state index contributed by atoms with van der Waals surface area (Å²) in [6.45, 7) is 1.98. The molecule has 0 aliphatic carbocycles. The van der Waals surface area contributed by atoms with E-state index in [0.717, 1.165) is 11.8 Å². The van der Waals surface area contributed by atoms with Crippen LogP contribution in [0.4, 0.5) is 5.82 Å². The molecule has 0 saturated carbocycles. The van der Waals surface area contributed by atoms with Crippen molar-refractivity contribution in [2.45, 2.75) is 13.0 Å². The molecule has 3 heterocycles. The number of aromatic nitrogens is 4. The maximum atomic E-state index is 11.4. The van der Waals surface area contributed by atoms with Crippen LogP contribution in [0.5, 0.6) is 0 Å². The SMILES string of the molecule is Cc1ccnc(N2NC=C(n3ccnn3)C2C=O)c1. The second kappa shape index (κ2) is 4.52. The van der Waals surface area contributed by atoms with Crippen LogP contribution in [-0.2, 0) is 4.79 Å². The van der Waals surface area contributed by atoms with Crippen molar-refractivity contribution >= 4 is 17.8 Å². The Morgan fingerprint density at radius 3 is 3.00 bits per heavy atom. The van der Waals surface area contributed by atoms with Gasteiger partial charge in [0.2, 0.25) is 0 Å². The Labute approximate surface area is 109 Å². The number of aldehydes is 1. The molecule has 0 radical (unpaired) electrons. The molecule has 0 amide bonds. The summed E-state index contributed by atoms with van der Waals surface area (Å²) in [6.07, 6.45) is 7.53. The Balaban J connectivity index is 1.93. The number of nitrogens with zero attached hydrogens (tertiary/aromatic N) is 5. The Kier molecular flexibility index (Phi) is 2.71. The van der Waals surface area contributed by atoms with Gasteiger partial charge < -0.3 is 10.2 Å². The Bertz CT molecular complexity index is 621. The summed E-state index contributed by atoms with van der Waals surface area (Å²) >= 11 is 0. The molecule has 7 nitrogen and oxygen atoms in total. The molecule has 1 aliphatic heterocycles. The van der Waals surface area contributed by atoms with Crippen LogP contribution in [0.1, 0.15) is 5.56 Å². The van der Waals surface area contributed by atoms with E-state index in [4.69, 9.17) is 0 Å². The predicted molar refractivity (Wildman–Crippen MR) is 68.7 cm³/mol. The van der Waals surface area contributed by atoms with E-state index in [1.165, 1.54) is 0 Å². The number of carbonyl (C=O) groups is 1. The number of aryl methyl sites for hydroxylation is 1. The van der Waals surface area contributed by atoms with Gasteiger partial charge >= 0.3 is 0 Å². The van der Waals surface area contributed by atoms with Crippen molar-refractivity contribution in [3.05, 3.63) is 42.5 Å². The van der Waals surface area contributed by atoms with Crippen LogP contribution < -0.4 is 10.4 Å². The van der Waals surface area contributed by atoms with Crippen molar-refractivity contribution in [3.63, 3.8) is 0 Å². The van der Waals surface area contributed by atoms with Gasteiger partial charge in [-0.2, -0.15) is 0 Å². The van der Waals surface area contributed by atoms with Gasteiger partial charge in [-0.25, -0.2) is 9.67 Å². The standard InChI is InChI=1S/C12H12N6O/c1-9-2-3-13-12(6-9)18-11(8-19)10(7-15-18)17-5-4-14-16-17/h2-8,11,15H,1H3. The minimum Gasteiger partial charge on any atom is -0.301 e. The van der Waals surface area contributed by atoms with Crippen LogP contribution in [0.25, 0.3) is 5.70 Å². The van der Waals surface area contributed by atoms with E-state index in [1.54, 1.807) is 34.5 Å². The van der Waals surface area contributed by atoms with Crippen molar-refractivity contribution < 1.29 is 4.79 Å². The zero-order valence-corrected chi connectivity index (χ0v) is 10.3. The monoisotopic (exact) mass is 256 g/mol. The Morgan fingerprint density at radius 1 is 1.42 bits per heavy atom. The van der Waals surface area contributed by atoms with Crippen LogP contribution in [0.3, 0.4) is 0 Å². The summed E-state index contributed by atoms with van der Waals surface area (Å²) in [6, 6.07) is 3.32. The topological polar surface area (TPSA) is 75.9 Å². The van der Waals surface area contributed by atoms with E-state index in [9.17, 15) is 4.79 Å². The van der Waals surface area contributed by atoms with Gasteiger partial charge in [0, 0.05) is 12.4 Å². The molecule has 19 heavy (non-hydrogen) atoms. The summed E-state index contributed by atoms with van der Waals surface area (Å²) in [5.74, 6) is 0.684. The minimum atomic E-state index is -0.490. The fourth-order valence-corrected chi connectivity index (χ4v) is 1.97. The van der Waals surface area contributed by atoms with Crippen LogP contribution >= 0.6 is 0 Å². The van der Waals surface area contributed by atoms with E-state index < -0.39 is 6.04 Å². The number of hydrazine groups is 1. The first-order valence-corrected chi connectivity index (χ1v) is 5.79. The first-order chi connectivity index (χ1) is 9.29. The molecule has 7 heteroatoms. The van der Waals surface area contributed by atoms with E-state index in [1.807, 2.05) is 19.1 Å². The molecule has 2 aromatic heterocycles. The fraction of sp³-hybridized carbons (Fsp3) is 0.167. The predicted octanol–water partition coefficient (Wildman–Crippen LogP) is 0.372. The number of nitrogens with one attached hydrogen (secondary N) is 1. The maximum Gasteiger partial charge on any atom is 0.151 e. The van der Waals surface area contributed by atoms with Crippen molar-refractivity contribution in [2.75, 3.05) is 5.01 Å². The van der Waals surface area contributed by atoms with E-state index in [-0.39, 0.29) is 0 Å². The molecule has 0 saturated heterocycles. The van der Waals surface area contributed by atoms with Gasteiger partial charge in [-0.05, 0) is 24.6 Å². The molecule has 96 valence electrons. The summed E-state index contributed by atoms with van der Waals surface area (Å²) in [5.41, 5.74) is 4.81. The lowest BCUT2D eigenvalue weighted by atomic mass is 10.2. The Hall–Kier alpha value is -2.70. The molecule has 1 N–H and O–H groups in total. The minimum absolute atomic E-state index is 0.490. The zero-order valence-electron chi connectivity index (χ0n) is 10.3. The summed E-state index contributed by atoms with van der Waals surface area (Å²) in [5, 5.41) is 9.33. The zero-order chi connectivity index (χ0) is 13.2. The third-order valence-electron chi connectivity index (χ3n) is 2.90. The highest BCUT2D eigenvalue weighted by atomic mass is 16.1. The molecule has 0 bridgehead atoms. The second-order valence-corrected chi connectivity index (χ2v) is 4.19. The third kappa shape index (κ3) is 1.95. The molecule has 0 fully saturated rings. The number of rotatable bonds is 3. The lowest BCUT2D eigenvalue weighted by molar-refractivity contribution is -0.108. The molecule has 2 aromatic rings. The highest BCUT2D eigenvalue weighted by molar-refractivity contribution is 5.82. The van der Waals surface area contributed by atoms with Gasteiger partial charge in [0.05, 0.1) is 18.1 Å². The van der Waals surface area contributed by atoms with E-state index in [2.05, 4.69) is 20.7 Å². The largest absolute Gasteiger partial charge is 0.301 e. The quantitative estimate of drug-likeness (QED) is 0.800. The lowest BCUT2D eigenvalue weighted by Gasteiger charge is -2.23. The average molecular weight is 256 g/mol. The third-order valence-corrected chi connectivity index (χ3v) is 2.90. The molecule has 3 rings (SSSR count). The smallest absolute Gasteiger partial charge is 0.151 e. The maximum absolute atomic E-state index is 11.4. The number of carbonyl (C=O) groups excluding carboxylic acids is 1. The van der Waals surface area contributed by atoms with Gasteiger partial charge in [0.25, 0.3) is 0 Å². The normalized spacial score (nSPS) is 18.1. The molecular weight excluding hydrogens is 244 g/mol. The van der Waals surface area contributed by atoms with Crippen LogP contribution in [0.2, 0.25) is 0 Å². The second-order valence-electron chi connectivity index (χ2n) is 4.19. The number of hydrogen-bond donors (Lipinski definition) is 1. The summed E-state index contributed by atoms with van der Waals surface area (Å²) in [7, 11) is 0. The van der Waals surface area contributed by atoms with Gasteiger partial charge in [0.15, 0.2) is 12.3 Å².